The number of carbonyl (C=O) groups excluding carboxylic acids is 1. The summed E-state index contributed by atoms with van der Waals surface area (Å²) in [6, 6.07) is 8.30. The minimum Gasteiger partial charge on any atom is -0.481 e. The van der Waals surface area contributed by atoms with E-state index in [4.69, 9.17) is 14.2 Å². The van der Waals surface area contributed by atoms with E-state index in [9.17, 15) is 29.7 Å². The molecule has 0 spiro atoms. The summed E-state index contributed by atoms with van der Waals surface area (Å²) in [5.41, 5.74) is 0.308. The Morgan fingerprint density at radius 1 is 1.06 bits per heavy atom. The van der Waals surface area contributed by atoms with Gasteiger partial charge in [0, 0.05) is 24.9 Å². The largest absolute Gasteiger partial charge is 0.481 e. The molecule has 36 heavy (non-hydrogen) atoms. The molecule has 5 atom stereocenters. The standard InChI is InChI=1S/C27H38O9/c1-3-5-7-12-19(35-16-15-34-4-2)13-14-20-22(36-27(33)18-10-8-6-9-11-18)17-21(28)23(20)24(25(29)30)26(31)32/h6,8-11,13-14,19-24,28H,3-5,7,12,15-17H2,1-2H3,(H,29,30)(H,31,32)/t19-,20-,21-,22+,23+/m0/s1. The average Bonchev–Trinajstić information content (AvgIpc) is 3.14. The summed E-state index contributed by atoms with van der Waals surface area (Å²) in [7, 11) is 0. The SMILES string of the molecule is CCCCC[C@@H](C=C[C@@H]1[C@@H](C(C(=O)O)C(=O)O)[C@@H](O)C[C@H]1OC(=O)c1ccccc1)OCCOCC. The Morgan fingerprint density at radius 2 is 1.75 bits per heavy atom. The molecule has 1 aliphatic carbocycles. The number of carboxylic acid groups (broad SMARTS) is 2. The average molecular weight is 507 g/mol. The maximum absolute atomic E-state index is 12.7. The quantitative estimate of drug-likeness (QED) is 0.133. The number of hydrogen-bond acceptors (Lipinski definition) is 7. The van der Waals surface area contributed by atoms with Crippen LogP contribution < -0.4 is 0 Å². The van der Waals surface area contributed by atoms with Crippen molar-refractivity contribution in [3.05, 3.63) is 48.0 Å². The number of esters is 1. The number of carboxylic acids is 2. The smallest absolute Gasteiger partial charge is 0.338 e. The minimum absolute atomic E-state index is 0.0684. The highest BCUT2D eigenvalue weighted by Gasteiger charge is 2.52. The molecule has 1 fully saturated rings. The molecule has 9 nitrogen and oxygen atoms in total. The zero-order valence-corrected chi connectivity index (χ0v) is 21.0. The van der Waals surface area contributed by atoms with Crippen LogP contribution in [-0.2, 0) is 23.8 Å². The van der Waals surface area contributed by atoms with E-state index in [1.807, 2.05) is 6.92 Å². The van der Waals surface area contributed by atoms with Crippen LogP contribution in [-0.4, -0.2) is 71.4 Å². The van der Waals surface area contributed by atoms with Gasteiger partial charge in [-0.3, -0.25) is 9.59 Å². The van der Waals surface area contributed by atoms with Gasteiger partial charge in [-0.05, 0) is 25.5 Å². The van der Waals surface area contributed by atoms with Crippen molar-refractivity contribution in [2.75, 3.05) is 19.8 Å². The summed E-state index contributed by atoms with van der Waals surface area (Å²) < 4.78 is 16.9. The van der Waals surface area contributed by atoms with Gasteiger partial charge in [0.15, 0.2) is 5.92 Å². The normalized spacial score (nSPS) is 22.7. The first-order valence-electron chi connectivity index (χ1n) is 12.6. The molecule has 0 radical (unpaired) electrons. The molecule has 2 rings (SSSR count). The summed E-state index contributed by atoms with van der Waals surface area (Å²) in [6.45, 7) is 5.35. The second-order valence-electron chi connectivity index (χ2n) is 8.91. The summed E-state index contributed by atoms with van der Waals surface area (Å²) >= 11 is 0. The van der Waals surface area contributed by atoms with E-state index in [0.717, 1.165) is 19.3 Å². The van der Waals surface area contributed by atoms with Crippen LogP contribution in [0.5, 0.6) is 0 Å². The van der Waals surface area contributed by atoms with Crippen molar-refractivity contribution in [1.29, 1.82) is 0 Å². The lowest BCUT2D eigenvalue weighted by atomic mass is 9.81. The van der Waals surface area contributed by atoms with Crippen molar-refractivity contribution in [2.45, 2.75) is 64.3 Å². The Hall–Kier alpha value is -2.75. The molecule has 0 bridgehead atoms. The predicted molar refractivity (Wildman–Crippen MR) is 132 cm³/mol. The van der Waals surface area contributed by atoms with E-state index in [0.29, 0.717) is 31.8 Å². The van der Waals surface area contributed by atoms with Crippen LogP contribution in [0.2, 0.25) is 0 Å². The second-order valence-corrected chi connectivity index (χ2v) is 8.91. The zero-order valence-electron chi connectivity index (χ0n) is 21.0. The molecule has 9 heteroatoms. The van der Waals surface area contributed by atoms with E-state index in [2.05, 4.69) is 6.92 Å². The van der Waals surface area contributed by atoms with Crippen LogP contribution in [0.3, 0.4) is 0 Å². The predicted octanol–water partition coefficient (Wildman–Crippen LogP) is 3.55. The molecular weight excluding hydrogens is 468 g/mol. The van der Waals surface area contributed by atoms with Crippen LogP contribution in [0.15, 0.2) is 42.5 Å². The number of aliphatic hydroxyl groups excluding tert-OH is 1. The Labute approximate surface area is 212 Å². The first-order valence-corrected chi connectivity index (χ1v) is 12.6. The number of aliphatic carboxylic acids is 2. The van der Waals surface area contributed by atoms with Gasteiger partial charge in [0.25, 0.3) is 0 Å². The molecule has 200 valence electrons. The Kier molecular flexibility index (Phi) is 12.6. The molecule has 1 aromatic rings. The van der Waals surface area contributed by atoms with Crippen molar-refractivity contribution in [3.8, 4) is 0 Å². The number of ether oxygens (including phenoxy) is 3. The van der Waals surface area contributed by atoms with Crippen molar-refractivity contribution < 1.29 is 43.9 Å². The van der Waals surface area contributed by atoms with Gasteiger partial charge in [-0.2, -0.15) is 0 Å². The van der Waals surface area contributed by atoms with E-state index in [1.165, 1.54) is 0 Å². The van der Waals surface area contributed by atoms with Crippen LogP contribution >= 0.6 is 0 Å². The van der Waals surface area contributed by atoms with Crippen LogP contribution in [0.1, 0.15) is 56.3 Å². The van der Waals surface area contributed by atoms with Crippen molar-refractivity contribution >= 4 is 17.9 Å². The number of carbonyl (C=O) groups is 3. The van der Waals surface area contributed by atoms with Gasteiger partial charge >= 0.3 is 17.9 Å². The zero-order chi connectivity index (χ0) is 26.5. The maximum atomic E-state index is 12.7. The van der Waals surface area contributed by atoms with Crippen LogP contribution in [0.25, 0.3) is 0 Å². The fourth-order valence-electron chi connectivity index (χ4n) is 4.58. The number of aliphatic hydroxyl groups is 1. The Morgan fingerprint density at radius 3 is 2.36 bits per heavy atom. The molecule has 0 unspecified atom stereocenters. The highest BCUT2D eigenvalue weighted by atomic mass is 16.5. The molecule has 0 aliphatic heterocycles. The number of hydrogen-bond donors (Lipinski definition) is 3. The lowest BCUT2D eigenvalue weighted by Gasteiger charge is -2.26. The van der Waals surface area contributed by atoms with Crippen LogP contribution in [0.4, 0.5) is 0 Å². The number of rotatable bonds is 16. The third-order valence-corrected chi connectivity index (χ3v) is 6.38. The third-order valence-electron chi connectivity index (χ3n) is 6.38. The highest BCUT2D eigenvalue weighted by Crippen LogP contribution is 2.41. The first kappa shape index (κ1) is 29.5. The summed E-state index contributed by atoms with van der Waals surface area (Å²) in [4.78, 5) is 36.4. The van der Waals surface area contributed by atoms with Crippen LogP contribution in [0, 0.1) is 17.8 Å². The monoisotopic (exact) mass is 506 g/mol. The van der Waals surface area contributed by atoms with Gasteiger partial charge in [-0.15, -0.1) is 0 Å². The third kappa shape index (κ3) is 8.72. The molecule has 0 heterocycles. The first-order chi connectivity index (χ1) is 17.3. The van der Waals surface area contributed by atoms with E-state index >= 15 is 0 Å². The highest BCUT2D eigenvalue weighted by molar-refractivity contribution is 5.93. The van der Waals surface area contributed by atoms with Gasteiger partial charge in [-0.1, -0.05) is 56.5 Å². The lowest BCUT2D eigenvalue weighted by molar-refractivity contribution is -0.159. The molecule has 1 saturated carbocycles. The van der Waals surface area contributed by atoms with E-state index in [1.54, 1.807) is 42.5 Å². The Bertz CT molecular complexity index is 840. The lowest BCUT2D eigenvalue weighted by Crippen LogP contribution is -2.39. The van der Waals surface area contributed by atoms with Crippen molar-refractivity contribution in [2.24, 2.45) is 17.8 Å². The van der Waals surface area contributed by atoms with Gasteiger partial charge in [0.1, 0.15) is 6.10 Å². The van der Waals surface area contributed by atoms with Gasteiger partial charge in [0.05, 0.1) is 31.0 Å². The molecule has 0 saturated heterocycles. The fraction of sp³-hybridized carbons (Fsp3) is 0.593. The number of benzene rings is 1. The molecule has 3 N–H and O–H groups in total. The Balaban J connectivity index is 2.30. The van der Waals surface area contributed by atoms with Gasteiger partial charge < -0.3 is 29.5 Å². The van der Waals surface area contributed by atoms with E-state index in [-0.39, 0.29) is 12.5 Å². The fourth-order valence-corrected chi connectivity index (χ4v) is 4.58. The molecule has 1 aromatic carbocycles. The molecule has 0 aromatic heterocycles. The summed E-state index contributed by atoms with van der Waals surface area (Å²) in [5.74, 6) is -7.58. The number of unbranched alkanes of at least 4 members (excludes halogenated alkanes) is 2. The summed E-state index contributed by atoms with van der Waals surface area (Å²) in [6.07, 6.45) is 4.54. The molecule has 0 amide bonds. The molecular formula is C27H38O9. The van der Waals surface area contributed by atoms with Gasteiger partial charge in [-0.25, -0.2) is 4.79 Å². The summed E-state index contributed by atoms with van der Waals surface area (Å²) in [5, 5.41) is 29.9. The van der Waals surface area contributed by atoms with Gasteiger partial charge in [0.2, 0.25) is 0 Å². The second kappa shape index (κ2) is 15.4. The van der Waals surface area contributed by atoms with E-state index < -0.39 is 47.9 Å². The topological polar surface area (TPSA) is 140 Å². The molecule has 1 aliphatic rings. The minimum atomic E-state index is -1.85. The van der Waals surface area contributed by atoms with Crippen molar-refractivity contribution in [1.82, 2.24) is 0 Å². The van der Waals surface area contributed by atoms with Crippen molar-refractivity contribution in [3.63, 3.8) is 0 Å². The maximum Gasteiger partial charge on any atom is 0.338 e.